The van der Waals surface area contributed by atoms with Crippen LogP contribution in [0.1, 0.15) is 12.8 Å². The monoisotopic (exact) mass is 181 g/mol. The molecular weight excluding hydrogens is 172 g/mol. The van der Waals surface area contributed by atoms with E-state index in [0.717, 1.165) is 12.8 Å². The van der Waals surface area contributed by atoms with Gasteiger partial charge in [-0.25, -0.2) is 0 Å². The van der Waals surface area contributed by atoms with E-state index in [-0.39, 0.29) is 0 Å². The van der Waals surface area contributed by atoms with Crippen molar-refractivity contribution >= 4 is 16.3 Å². The van der Waals surface area contributed by atoms with E-state index in [1.54, 1.807) is 18.5 Å². The lowest BCUT2D eigenvalue weighted by Crippen LogP contribution is -1.80. The first-order chi connectivity index (χ1) is 5.86. The highest BCUT2D eigenvalue weighted by Crippen LogP contribution is 2.25. The van der Waals surface area contributed by atoms with Crippen molar-refractivity contribution in [1.29, 1.82) is 0 Å². The summed E-state index contributed by atoms with van der Waals surface area (Å²) in [5.41, 5.74) is 0.711. The van der Waals surface area contributed by atoms with Gasteiger partial charge in [0.15, 0.2) is 0 Å². The van der Waals surface area contributed by atoms with E-state index in [9.17, 15) is 4.21 Å². The molecule has 0 saturated heterocycles. The number of hydrogen-bond acceptors (Lipinski definition) is 4. The summed E-state index contributed by atoms with van der Waals surface area (Å²) in [6.07, 6.45) is 5.41. The van der Waals surface area contributed by atoms with Gasteiger partial charge in [-0.05, 0) is 12.1 Å². The van der Waals surface area contributed by atoms with Gasteiger partial charge in [-0.1, -0.05) is 18.1 Å². The Morgan fingerprint density at radius 1 is 1.58 bits per heavy atom. The Hall–Kier alpha value is -0.900. The summed E-state index contributed by atoms with van der Waals surface area (Å²) in [5, 5.41) is 0.310. The van der Waals surface area contributed by atoms with Crippen molar-refractivity contribution in [3.05, 3.63) is 24.5 Å². The highest BCUT2D eigenvalue weighted by Gasteiger charge is 2.14. The second kappa shape index (κ2) is 3.23. The van der Waals surface area contributed by atoms with E-state index in [0.29, 0.717) is 10.9 Å². The molecular formula is C8H9N2OS-. The summed E-state index contributed by atoms with van der Waals surface area (Å²) >= 11 is 0. The first kappa shape index (κ1) is 7.73. The van der Waals surface area contributed by atoms with E-state index in [4.69, 9.17) is 0 Å². The van der Waals surface area contributed by atoms with Crippen LogP contribution in [-0.2, 0) is 14.8 Å². The molecule has 1 aliphatic carbocycles. The van der Waals surface area contributed by atoms with Gasteiger partial charge in [0.05, 0.1) is 11.9 Å². The Kier molecular flexibility index (Phi) is 2.08. The Bertz CT molecular complexity index is 339. The topological polar surface area (TPSA) is 42.3 Å². The van der Waals surface area contributed by atoms with Crippen molar-refractivity contribution in [2.24, 2.45) is 4.36 Å². The van der Waals surface area contributed by atoms with Crippen LogP contribution in [0.25, 0.3) is 0 Å². The van der Waals surface area contributed by atoms with E-state index in [1.807, 2.05) is 6.07 Å². The van der Waals surface area contributed by atoms with Gasteiger partial charge in [0, 0.05) is 6.20 Å². The van der Waals surface area contributed by atoms with Crippen LogP contribution in [0.2, 0.25) is 0 Å². The Balaban J connectivity index is 2.21. The predicted octanol–water partition coefficient (Wildman–Crippen LogP) is 2.02. The fraction of sp³-hybridized carbons (Fsp3) is 0.375. The maximum Gasteiger partial charge on any atom is 0.0552 e. The Labute approximate surface area is 73.1 Å². The molecule has 1 aromatic rings. The largest absolute Gasteiger partial charge is 0.444 e. The molecule has 0 atom stereocenters. The molecule has 0 unspecified atom stereocenters. The van der Waals surface area contributed by atoms with Crippen molar-refractivity contribution in [2.75, 3.05) is 0 Å². The van der Waals surface area contributed by atoms with Crippen LogP contribution >= 0.6 is 0 Å². The molecule has 1 heterocycles. The Morgan fingerprint density at radius 2 is 2.42 bits per heavy atom. The summed E-state index contributed by atoms with van der Waals surface area (Å²) in [6, 6.07) is 3.61. The molecule has 0 aromatic carbocycles. The maximum atomic E-state index is 11.3. The zero-order valence-electron chi connectivity index (χ0n) is 6.51. The van der Waals surface area contributed by atoms with Crippen LogP contribution in [-0.4, -0.2) is 10.2 Å². The first-order valence-electron chi connectivity index (χ1n) is 3.89. The minimum Gasteiger partial charge on any atom is -0.444 e. The van der Waals surface area contributed by atoms with Gasteiger partial charge in [-0.3, -0.25) is 4.98 Å². The fourth-order valence-electron chi connectivity index (χ4n) is 0.856. The van der Waals surface area contributed by atoms with E-state index < -0.39 is 10.6 Å². The summed E-state index contributed by atoms with van der Waals surface area (Å²) in [5.74, 6) is 0. The molecule has 1 fully saturated rings. The highest BCUT2D eigenvalue weighted by atomic mass is 32.2. The molecule has 0 aliphatic heterocycles. The van der Waals surface area contributed by atoms with Gasteiger partial charge in [0.2, 0.25) is 0 Å². The highest BCUT2D eigenvalue weighted by molar-refractivity contribution is 7.76. The van der Waals surface area contributed by atoms with Crippen LogP contribution in [0.4, 0.5) is 5.69 Å². The fourth-order valence-corrected chi connectivity index (χ4v) is 1.86. The van der Waals surface area contributed by atoms with Crippen LogP contribution in [0.5, 0.6) is 0 Å². The van der Waals surface area contributed by atoms with Gasteiger partial charge >= 0.3 is 0 Å². The third kappa shape index (κ3) is 1.82. The van der Waals surface area contributed by atoms with Crippen molar-refractivity contribution < 1.29 is 4.21 Å². The molecule has 2 rings (SSSR count). The normalized spacial score (nSPS) is 19.3. The molecule has 0 N–H and O–H groups in total. The van der Waals surface area contributed by atoms with Crippen LogP contribution in [0.15, 0.2) is 28.9 Å². The Morgan fingerprint density at radius 3 is 3.00 bits per heavy atom. The standard InChI is InChI=1S/C8H9N2OS/c11-12(8-3-4-8)10-7-2-1-5-9-6-7/h1-2,5-6,8H,3-4H2/q-1. The van der Waals surface area contributed by atoms with Gasteiger partial charge in [0.25, 0.3) is 0 Å². The molecule has 0 amide bonds. The molecule has 4 heteroatoms. The molecule has 0 bridgehead atoms. The number of aromatic nitrogens is 1. The van der Waals surface area contributed by atoms with Gasteiger partial charge in [-0.2, -0.15) is 10.6 Å². The zero-order valence-corrected chi connectivity index (χ0v) is 7.33. The average Bonchev–Trinajstić information content (AvgIpc) is 2.88. The summed E-state index contributed by atoms with van der Waals surface area (Å²) < 4.78 is 15.3. The zero-order chi connectivity index (χ0) is 8.39. The lowest BCUT2D eigenvalue weighted by atomic mass is 10.4. The van der Waals surface area contributed by atoms with Crippen LogP contribution in [0.3, 0.4) is 0 Å². The molecule has 1 saturated carbocycles. The lowest BCUT2D eigenvalue weighted by molar-refractivity contribution is 0.599. The first-order valence-corrected chi connectivity index (χ1v) is 5.06. The quantitative estimate of drug-likeness (QED) is 0.655. The summed E-state index contributed by atoms with van der Waals surface area (Å²) in [4.78, 5) is 3.89. The van der Waals surface area contributed by atoms with E-state index in [2.05, 4.69) is 9.35 Å². The molecule has 64 valence electrons. The van der Waals surface area contributed by atoms with Crippen LogP contribution in [0, 0.1) is 0 Å². The smallest absolute Gasteiger partial charge is 0.0552 e. The summed E-state index contributed by atoms with van der Waals surface area (Å²) in [7, 11) is -1.03. The molecule has 0 spiro atoms. The van der Waals surface area contributed by atoms with E-state index in [1.165, 1.54) is 0 Å². The van der Waals surface area contributed by atoms with Gasteiger partial charge in [0.1, 0.15) is 0 Å². The molecule has 12 heavy (non-hydrogen) atoms. The van der Waals surface area contributed by atoms with Crippen LogP contribution < -0.4 is 0 Å². The molecule has 3 nitrogen and oxygen atoms in total. The molecule has 1 aromatic heterocycles. The number of hydrogen-bond donors (Lipinski definition) is 0. The average molecular weight is 181 g/mol. The number of rotatable bonds is 2. The minimum atomic E-state index is -1.03. The van der Waals surface area contributed by atoms with Crippen molar-refractivity contribution in [3.63, 3.8) is 0 Å². The minimum absolute atomic E-state index is 0.310. The second-order valence-electron chi connectivity index (χ2n) is 2.78. The second-order valence-corrected chi connectivity index (χ2v) is 4.18. The van der Waals surface area contributed by atoms with E-state index >= 15 is 0 Å². The lowest BCUT2D eigenvalue weighted by Gasteiger charge is -1.99. The SMILES string of the molecule is O=[S-](=Nc1cccnc1)C1CC1. The summed E-state index contributed by atoms with van der Waals surface area (Å²) in [6.45, 7) is 0. The maximum absolute atomic E-state index is 11.3. The molecule has 1 aliphatic rings. The van der Waals surface area contributed by atoms with Gasteiger partial charge < -0.3 is 8.57 Å². The third-order valence-electron chi connectivity index (χ3n) is 1.65. The third-order valence-corrected chi connectivity index (χ3v) is 3.08. The van der Waals surface area contributed by atoms with Gasteiger partial charge in [-0.15, -0.1) is 0 Å². The van der Waals surface area contributed by atoms with Crippen molar-refractivity contribution in [1.82, 2.24) is 4.98 Å². The van der Waals surface area contributed by atoms with Crippen molar-refractivity contribution in [3.8, 4) is 0 Å². The predicted molar refractivity (Wildman–Crippen MR) is 47.4 cm³/mol. The van der Waals surface area contributed by atoms with Crippen molar-refractivity contribution in [2.45, 2.75) is 18.1 Å². The number of pyridine rings is 1. The number of nitrogens with zero attached hydrogens (tertiary/aromatic N) is 2. The molecule has 0 radical (unpaired) electrons.